The van der Waals surface area contributed by atoms with Crippen LogP contribution in [0.1, 0.15) is 0 Å². The molecule has 142 valence electrons. The molecule has 0 radical (unpaired) electrons. The number of halogens is 2. The average molecular weight is 512 g/mol. The summed E-state index contributed by atoms with van der Waals surface area (Å²) in [5.41, 5.74) is 2.59. The van der Waals surface area contributed by atoms with Crippen LogP contribution < -0.4 is 0 Å². The zero-order valence-electron chi connectivity index (χ0n) is 16.0. The summed E-state index contributed by atoms with van der Waals surface area (Å²) in [6.07, 6.45) is 0. The minimum Gasteiger partial charge on any atom is -0.0616 e. The third kappa shape index (κ3) is 2.79. The first-order chi connectivity index (χ1) is 14.7. The Hall–Kier alpha value is -2.68. The highest BCUT2D eigenvalue weighted by molar-refractivity contribution is 9.10. The Morgan fingerprint density at radius 2 is 0.767 bits per heavy atom. The highest BCUT2D eigenvalue weighted by Gasteiger charge is 2.16. The standard InChI is InChI=1S/C28H16Br2/c29-21-11-9-19-13-17-5-1-3-7-23(17)27(25(19)15-21)28-24-8-4-2-6-18(24)14-20-10-12-22(30)16-26(20)28/h1-16H. The normalized spacial score (nSPS) is 11.7. The van der Waals surface area contributed by atoms with Crippen LogP contribution in [0.3, 0.4) is 0 Å². The molecular formula is C28H16Br2. The average Bonchev–Trinajstić information content (AvgIpc) is 2.76. The van der Waals surface area contributed by atoms with Gasteiger partial charge in [-0.25, -0.2) is 0 Å². The van der Waals surface area contributed by atoms with E-state index < -0.39 is 0 Å². The maximum atomic E-state index is 3.71. The van der Waals surface area contributed by atoms with Gasteiger partial charge in [0.05, 0.1) is 0 Å². The first-order valence-electron chi connectivity index (χ1n) is 9.91. The lowest BCUT2D eigenvalue weighted by Gasteiger charge is -2.17. The molecule has 2 heteroatoms. The molecule has 0 N–H and O–H groups in total. The second-order valence-corrected chi connectivity index (χ2v) is 9.51. The molecule has 0 aliphatic rings. The first-order valence-corrected chi connectivity index (χ1v) is 11.5. The molecule has 0 unspecified atom stereocenters. The molecule has 0 aromatic heterocycles. The van der Waals surface area contributed by atoms with Crippen molar-refractivity contribution in [3.8, 4) is 11.1 Å². The van der Waals surface area contributed by atoms with Crippen molar-refractivity contribution in [2.45, 2.75) is 0 Å². The Kier molecular flexibility index (Phi) is 4.19. The summed E-state index contributed by atoms with van der Waals surface area (Å²) in [7, 11) is 0. The number of hydrogen-bond donors (Lipinski definition) is 0. The molecule has 0 amide bonds. The molecule has 0 fully saturated rings. The van der Waals surface area contributed by atoms with Crippen LogP contribution in [0.4, 0.5) is 0 Å². The fourth-order valence-electron chi connectivity index (χ4n) is 4.61. The molecule has 0 bridgehead atoms. The molecule has 6 aromatic rings. The van der Waals surface area contributed by atoms with Crippen molar-refractivity contribution in [1.29, 1.82) is 0 Å². The van der Waals surface area contributed by atoms with Gasteiger partial charge in [0.2, 0.25) is 0 Å². The third-order valence-electron chi connectivity index (χ3n) is 5.90. The Balaban J connectivity index is 1.95. The second kappa shape index (κ2) is 6.94. The smallest absolute Gasteiger partial charge is 0.0181 e. The van der Waals surface area contributed by atoms with Crippen LogP contribution in [0.25, 0.3) is 54.2 Å². The molecule has 6 rings (SSSR count). The van der Waals surface area contributed by atoms with Crippen LogP contribution in [-0.4, -0.2) is 0 Å². The molecule has 0 aliphatic carbocycles. The molecule has 0 saturated heterocycles. The van der Waals surface area contributed by atoms with Gasteiger partial charge in [0.25, 0.3) is 0 Å². The van der Waals surface area contributed by atoms with E-state index in [0.29, 0.717) is 0 Å². The van der Waals surface area contributed by atoms with Crippen molar-refractivity contribution in [1.82, 2.24) is 0 Å². The van der Waals surface area contributed by atoms with E-state index in [-0.39, 0.29) is 0 Å². The second-order valence-electron chi connectivity index (χ2n) is 7.68. The zero-order chi connectivity index (χ0) is 20.2. The summed E-state index contributed by atoms with van der Waals surface area (Å²) in [5.74, 6) is 0. The predicted octanol–water partition coefficient (Wildman–Crippen LogP) is 9.49. The Morgan fingerprint density at radius 1 is 0.367 bits per heavy atom. The highest BCUT2D eigenvalue weighted by Crippen LogP contribution is 2.44. The van der Waals surface area contributed by atoms with Crippen LogP contribution in [-0.2, 0) is 0 Å². The first kappa shape index (κ1) is 18.1. The van der Waals surface area contributed by atoms with Crippen LogP contribution in [0, 0.1) is 0 Å². The molecule has 6 aromatic carbocycles. The number of fused-ring (bicyclic) bond motifs is 4. The Bertz CT molecular complexity index is 1490. The van der Waals surface area contributed by atoms with Gasteiger partial charge in [0, 0.05) is 8.95 Å². The SMILES string of the molecule is Brc1ccc2cc3ccccc3c(-c3c4ccccc4cc4ccc(Br)cc34)c2c1. The van der Waals surface area contributed by atoms with E-state index in [1.165, 1.54) is 54.2 Å². The predicted molar refractivity (Wildman–Crippen MR) is 137 cm³/mol. The van der Waals surface area contributed by atoms with Crippen molar-refractivity contribution in [2.75, 3.05) is 0 Å². The van der Waals surface area contributed by atoms with Crippen LogP contribution >= 0.6 is 31.9 Å². The molecule has 0 spiro atoms. The van der Waals surface area contributed by atoms with Crippen molar-refractivity contribution < 1.29 is 0 Å². The number of rotatable bonds is 1. The summed E-state index contributed by atoms with van der Waals surface area (Å²) < 4.78 is 2.19. The largest absolute Gasteiger partial charge is 0.0616 e. The number of benzene rings is 6. The van der Waals surface area contributed by atoms with Gasteiger partial charge in [0.15, 0.2) is 0 Å². The molecule has 30 heavy (non-hydrogen) atoms. The monoisotopic (exact) mass is 510 g/mol. The van der Waals surface area contributed by atoms with Gasteiger partial charge in [-0.05, 0) is 90.6 Å². The van der Waals surface area contributed by atoms with E-state index in [9.17, 15) is 0 Å². The summed E-state index contributed by atoms with van der Waals surface area (Å²) in [6, 6.07) is 35.2. The highest BCUT2D eigenvalue weighted by atomic mass is 79.9. The summed E-state index contributed by atoms with van der Waals surface area (Å²) in [5, 5.41) is 10.1. The number of hydrogen-bond acceptors (Lipinski definition) is 0. The maximum absolute atomic E-state index is 3.71. The van der Waals surface area contributed by atoms with E-state index in [4.69, 9.17) is 0 Å². The van der Waals surface area contributed by atoms with Crippen LogP contribution in [0.2, 0.25) is 0 Å². The van der Waals surface area contributed by atoms with Gasteiger partial charge in [-0.2, -0.15) is 0 Å². The molecule has 0 atom stereocenters. The molecular weight excluding hydrogens is 496 g/mol. The van der Waals surface area contributed by atoms with Gasteiger partial charge in [0.1, 0.15) is 0 Å². The van der Waals surface area contributed by atoms with Gasteiger partial charge < -0.3 is 0 Å². The van der Waals surface area contributed by atoms with Gasteiger partial charge in [-0.1, -0.05) is 92.5 Å². The minimum atomic E-state index is 1.09. The topological polar surface area (TPSA) is 0 Å². The fraction of sp³-hybridized carbons (Fsp3) is 0. The lowest BCUT2D eigenvalue weighted by Crippen LogP contribution is -1.90. The van der Waals surface area contributed by atoms with Gasteiger partial charge in [-0.15, -0.1) is 0 Å². The molecule has 0 saturated carbocycles. The lowest BCUT2D eigenvalue weighted by molar-refractivity contribution is 1.69. The fourth-order valence-corrected chi connectivity index (χ4v) is 5.33. The van der Waals surface area contributed by atoms with E-state index in [0.717, 1.165) is 8.95 Å². The Morgan fingerprint density at radius 3 is 1.23 bits per heavy atom. The summed E-state index contributed by atoms with van der Waals surface area (Å²) in [6.45, 7) is 0. The molecule has 0 nitrogen and oxygen atoms in total. The molecule has 0 aliphatic heterocycles. The minimum absolute atomic E-state index is 1.09. The van der Waals surface area contributed by atoms with E-state index >= 15 is 0 Å². The van der Waals surface area contributed by atoms with Crippen LogP contribution in [0.5, 0.6) is 0 Å². The van der Waals surface area contributed by atoms with Crippen molar-refractivity contribution in [2.24, 2.45) is 0 Å². The van der Waals surface area contributed by atoms with E-state index in [2.05, 4.69) is 129 Å². The van der Waals surface area contributed by atoms with Crippen molar-refractivity contribution >= 4 is 74.9 Å². The van der Waals surface area contributed by atoms with Crippen molar-refractivity contribution in [3.05, 3.63) is 106 Å². The maximum Gasteiger partial charge on any atom is 0.0181 e. The lowest BCUT2D eigenvalue weighted by atomic mass is 9.86. The summed E-state index contributed by atoms with van der Waals surface area (Å²) in [4.78, 5) is 0. The Labute approximate surface area is 191 Å². The molecule has 0 heterocycles. The van der Waals surface area contributed by atoms with Crippen LogP contribution in [0.15, 0.2) is 106 Å². The zero-order valence-corrected chi connectivity index (χ0v) is 19.2. The van der Waals surface area contributed by atoms with Gasteiger partial charge >= 0.3 is 0 Å². The van der Waals surface area contributed by atoms with Gasteiger partial charge in [-0.3, -0.25) is 0 Å². The third-order valence-corrected chi connectivity index (χ3v) is 6.89. The quantitative estimate of drug-likeness (QED) is 0.193. The van der Waals surface area contributed by atoms with E-state index in [1.807, 2.05) is 0 Å². The summed E-state index contributed by atoms with van der Waals surface area (Å²) >= 11 is 7.41. The van der Waals surface area contributed by atoms with E-state index in [1.54, 1.807) is 0 Å². The van der Waals surface area contributed by atoms with Crippen molar-refractivity contribution in [3.63, 3.8) is 0 Å².